The van der Waals surface area contributed by atoms with Gasteiger partial charge in [-0.15, -0.1) is 0 Å². The first-order valence-electron chi connectivity index (χ1n) is 7.73. The van der Waals surface area contributed by atoms with Gasteiger partial charge in [-0.3, -0.25) is 4.90 Å². The van der Waals surface area contributed by atoms with Crippen LogP contribution < -0.4 is 5.73 Å². The van der Waals surface area contributed by atoms with Gasteiger partial charge in [0.25, 0.3) is 0 Å². The molecule has 0 aromatic carbocycles. The van der Waals surface area contributed by atoms with Crippen molar-refractivity contribution in [3.05, 3.63) is 24.2 Å². The van der Waals surface area contributed by atoms with Gasteiger partial charge in [-0.05, 0) is 56.4 Å². The predicted molar refractivity (Wildman–Crippen MR) is 78.8 cm³/mol. The summed E-state index contributed by atoms with van der Waals surface area (Å²) in [6.07, 6.45) is 9.75. The van der Waals surface area contributed by atoms with Crippen LogP contribution in [0.5, 0.6) is 0 Å². The molecule has 1 fully saturated rings. The third kappa shape index (κ3) is 4.08. The summed E-state index contributed by atoms with van der Waals surface area (Å²) in [7, 11) is 0. The molecule has 0 radical (unpaired) electrons. The summed E-state index contributed by atoms with van der Waals surface area (Å²) in [5, 5.41) is 0. The molecule has 3 nitrogen and oxygen atoms in total. The quantitative estimate of drug-likeness (QED) is 0.820. The van der Waals surface area contributed by atoms with Crippen molar-refractivity contribution in [2.45, 2.75) is 52.0 Å². The Bertz CT molecular complexity index is 342. The number of nitrogens with two attached hydrogens (primary N) is 1. The molecule has 2 N–H and O–H groups in total. The molecule has 19 heavy (non-hydrogen) atoms. The number of rotatable bonds is 7. The minimum Gasteiger partial charge on any atom is -0.468 e. The van der Waals surface area contributed by atoms with Gasteiger partial charge in [0, 0.05) is 0 Å². The van der Waals surface area contributed by atoms with Crippen LogP contribution >= 0.6 is 0 Å². The summed E-state index contributed by atoms with van der Waals surface area (Å²) in [6.45, 7) is 6.20. The van der Waals surface area contributed by atoms with Crippen molar-refractivity contribution in [1.29, 1.82) is 0 Å². The van der Waals surface area contributed by atoms with Crippen molar-refractivity contribution >= 4 is 0 Å². The van der Waals surface area contributed by atoms with Crippen molar-refractivity contribution < 1.29 is 4.42 Å². The molecule has 1 heterocycles. The van der Waals surface area contributed by atoms with E-state index in [2.05, 4.69) is 17.9 Å². The van der Waals surface area contributed by atoms with Crippen LogP contribution in [-0.4, -0.2) is 24.5 Å². The Morgan fingerprint density at radius 3 is 2.68 bits per heavy atom. The fourth-order valence-electron chi connectivity index (χ4n) is 3.23. The molecule has 0 bridgehead atoms. The van der Waals surface area contributed by atoms with E-state index in [-0.39, 0.29) is 0 Å². The van der Waals surface area contributed by atoms with E-state index in [0.717, 1.165) is 31.9 Å². The fraction of sp³-hybridized carbons (Fsp3) is 0.750. The number of hydrogen-bond donors (Lipinski definition) is 1. The highest BCUT2D eigenvalue weighted by Gasteiger charge is 2.30. The lowest BCUT2D eigenvalue weighted by molar-refractivity contribution is 0.142. The van der Waals surface area contributed by atoms with Gasteiger partial charge >= 0.3 is 0 Å². The molecule has 2 rings (SSSR count). The molecular weight excluding hydrogens is 236 g/mol. The first-order chi connectivity index (χ1) is 9.28. The van der Waals surface area contributed by atoms with Crippen molar-refractivity contribution in [3.8, 4) is 0 Å². The average molecular weight is 264 g/mol. The molecule has 0 spiro atoms. The third-order valence-electron chi connectivity index (χ3n) is 4.71. The van der Waals surface area contributed by atoms with E-state index in [1.54, 1.807) is 6.26 Å². The topological polar surface area (TPSA) is 42.4 Å². The molecule has 1 aromatic rings. The van der Waals surface area contributed by atoms with Crippen molar-refractivity contribution in [1.82, 2.24) is 4.90 Å². The van der Waals surface area contributed by atoms with E-state index >= 15 is 0 Å². The van der Waals surface area contributed by atoms with E-state index in [4.69, 9.17) is 10.2 Å². The highest BCUT2D eigenvalue weighted by Crippen LogP contribution is 2.38. The number of furan rings is 1. The minimum absolute atomic E-state index is 0.412. The van der Waals surface area contributed by atoms with Crippen LogP contribution in [0.2, 0.25) is 0 Å². The van der Waals surface area contributed by atoms with E-state index in [9.17, 15) is 0 Å². The van der Waals surface area contributed by atoms with E-state index < -0.39 is 0 Å². The molecule has 3 heteroatoms. The van der Waals surface area contributed by atoms with Gasteiger partial charge < -0.3 is 10.2 Å². The van der Waals surface area contributed by atoms with Crippen LogP contribution in [0.3, 0.4) is 0 Å². The molecule has 108 valence electrons. The summed E-state index contributed by atoms with van der Waals surface area (Å²) in [6, 6.07) is 4.02. The van der Waals surface area contributed by atoms with Crippen molar-refractivity contribution in [2.75, 3.05) is 19.6 Å². The molecule has 1 aliphatic carbocycles. The highest BCUT2D eigenvalue weighted by atomic mass is 16.3. The zero-order valence-electron chi connectivity index (χ0n) is 12.2. The monoisotopic (exact) mass is 264 g/mol. The fourth-order valence-corrected chi connectivity index (χ4v) is 3.23. The van der Waals surface area contributed by atoms with Crippen LogP contribution in [0.25, 0.3) is 0 Å². The third-order valence-corrected chi connectivity index (χ3v) is 4.71. The molecule has 0 aliphatic heterocycles. The Morgan fingerprint density at radius 1 is 1.32 bits per heavy atom. The second-order valence-electron chi connectivity index (χ2n) is 5.96. The Morgan fingerprint density at radius 2 is 2.11 bits per heavy atom. The maximum atomic E-state index is 6.06. The van der Waals surface area contributed by atoms with Crippen molar-refractivity contribution in [3.63, 3.8) is 0 Å². The smallest absolute Gasteiger partial charge is 0.117 e. The lowest BCUT2D eigenvalue weighted by Gasteiger charge is -2.37. The highest BCUT2D eigenvalue weighted by molar-refractivity contribution is 4.98. The van der Waals surface area contributed by atoms with Gasteiger partial charge in [-0.2, -0.15) is 0 Å². The summed E-state index contributed by atoms with van der Waals surface area (Å²) in [5.41, 5.74) is 6.48. The molecule has 0 atom stereocenters. The van der Waals surface area contributed by atoms with Crippen LogP contribution in [0, 0.1) is 5.41 Å². The SMILES string of the molecule is CCN(CCC1(CN)CCCCC1)Cc1ccco1. The van der Waals surface area contributed by atoms with Crippen molar-refractivity contribution in [2.24, 2.45) is 11.1 Å². The zero-order chi connectivity index (χ0) is 13.6. The largest absolute Gasteiger partial charge is 0.468 e. The number of hydrogen-bond acceptors (Lipinski definition) is 3. The Kier molecular flexibility index (Phi) is 5.46. The first-order valence-corrected chi connectivity index (χ1v) is 7.73. The molecule has 0 unspecified atom stereocenters. The van der Waals surface area contributed by atoms with Crippen LogP contribution in [0.4, 0.5) is 0 Å². The van der Waals surface area contributed by atoms with Crippen LogP contribution in [-0.2, 0) is 6.54 Å². The predicted octanol–water partition coefficient (Wildman–Crippen LogP) is 3.40. The van der Waals surface area contributed by atoms with E-state index in [1.807, 2.05) is 6.07 Å². The lowest BCUT2D eigenvalue weighted by atomic mass is 9.72. The molecule has 1 saturated carbocycles. The van der Waals surface area contributed by atoms with Gasteiger partial charge in [0.05, 0.1) is 12.8 Å². The Hall–Kier alpha value is -0.800. The van der Waals surface area contributed by atoms with Gasteiger partial charge in [-0.25, -0.2) is 0 Å². The standard InChI is InChI=1S/C16H28N2O/c1-2-18(13-15-7-6-12-19-15)11-10-16(14-17)8-4-3-5-9-16/h6-7,12H,2-5,8-11,13-14,17H2,1H3. The van der Waals surface area contributed by atoms with Gasteiger partial charge in [0.2, 0.25) is 0 Å². The average Bonchev–Trinajstić information content (AvgIpc) is 2.97. The van der Waals surface area contributed by atoms with Crippen LogP contribution in [0.1, 0.15) is 51.2 Å². The Balaban J connectivity index is 1.84. The molecular formula is C16H28N2O. The zero-order valence-corrected chi connectivity index (χ0v) is 12.2. The van der Waals surface area contributed by atoms with Gasteiger partial charge in [-0.1, -0.05) is 26.2 Å². The minimum atomic E-state index is 0.412. The summed E-state index contributed by atoms with van der Waals surface area (Å²) >= 11 is 0. The van der Waals surface area contributed by atoms with Crippen LogP contribution in [0.15, 0.2) is 22.8 Å². The maximum absolute atomic E-state index is 6.06. The summed E-state index contributed by atoms with van der Waals surface area (Å²) in [5.74, 6) is 1.06. The van der Waals surface area contributed by atoms with Gasteiger partial charge in [0.15, 0.2) is 0 Å². The van der Waals surface area contributed by atoms with Gasteiger partial charge in [0.1, 0.15) is 5.76 Å². The normalized spacial score (nSPS) is 18.9. The molecule has 0 saturated heterocycles. The summed E-state index contributed by atoms with van der Waals surface area (Å²) in [4.78, 5) is 2.46. The molecule has 0 amide bonds. The maximum Gasteiger partial charge on any atom is 0.117 e. The second-order valence-corrected chi connectivity index (χ2v) is 5.96. The van der Waals surface area contributed by atoms with E-state index in [1.165, 1.54) is 38.5 Å². The second kappa shape index (κ2) is 7.11. The Labute approximate surface area is 117 Å². The molecule has 1 aliphatic rings. The lowest BCUT2D eigenvalue weighted by Crippen LogP contribution is -2.37. The molecule has 1 aromatic heterocycles. The number of nitrogens with zero attached hydrogens (tertiary/aromatic N) is 1. The first kappa shape index (κ1) is 14.6. The van der Waals surface area contributed by atoms with E-state index in [0.29, 0.717) is 5.41 Å². The summed E-state index contributed by atoms with van der Waals surface area (Å²) < 4.78 is 5.44.